The second-order valence-electron chi connectivity index (χ2n) is 5.83. The summed E-state index contributed by atoms with van der Waals surface area (Å²) in [6.07, 6.45) is 9.21. The van der Waals surface area contributed by atoms with E-state index in [0.717, 1.165) is 19.3 Å². The Kier molecular flexibility index (Phi) is 6.53. The van der Waals surface area contributed by atoms with Crippen LogP contribution in [0.5, 0.6) is 17.2 Å². The van der Waals surface area contributed by atoms with Gasteiger partial charge in [0.25, 0.3) is 0 Å². The molecule has 0 saturated heterocycles. The Morgan fingerprint density at radius 2 is 1.62 bits per heavy atom. The molecule has 1 aliphatic heterocycles. The number of nitrogens with two attached hydrogens (primary N) is 1. The molecule has 24 heavy (non-hydrogen) atoms. The first-order valence-electron chi connectivity index (χ1n) is 8.33. The molecule has 0 spiro atoms. The lowest BCUT2D eigenvalue weighted by molar-refractivity contribution is 0.296. The molecule has 2 rings (SSSR count). The summed E-state index contributed by atoms with van der Waals surface area (Å²) in [5.41, 5.74) is 5.26. The fourth-order valence-corrected chi connectivity index (χ4v) is 3.26. The van der Waals surface area contributed by atoms with Crippen LogP contribution in [0.3, 0.4) is 0 Å². The Hall–Kier alpha value is -1.70. The zero-order valence-corrected chi connectivity index (χ0v) is 14.7. The van der Waals surface area contributed by atoms with E-state index in [1.807, 2.05) is 0 Å². The van der Waals surface area contributed by atoms with E-state index in [1.165, 1.54) is 38.2 Å². The van der Waals surface area contributed by atoms with Crippen molar-refractivity contribution in [1.82, 2.24) is 0 Å². The van der Waals surface area contributed by atoms with Gasteiger partial charge in [0.1, 0.15) is 0 Å². The number of anilines is 1. The van der Waals surface area contributed by atoms with E-state index < -0.39 is 22.0 Å². The molecular formula is C16H24FNO5S. The standard InChI is InChI=1S/C16H24FNO5S/c1-2-3-4-5-6-7-8-9-10-21-13-11-12(18)14(17)16-15(13)22-24(19,20)23-16/h11H,2-10,18H2,1H3. The van der Waals surface area contributed by atoms with Crippen LogP contribution in [0.1, 0.15) is 58.3 Å². The Morgan fingerprint density at radius 1 is 1.04 bits per heavy atom. The van der Waals surface area contributed by atoms with Crippen LogP contribution in [0, 0.1) is 5.82 Å². The molecule has 1 aliphatic rings. The number of fused-ring (bicyclic) bond motifs is 1. The molecule has 0 aliphatic carbocycles. The van der Waals surface area contributed by atoms with Crippen LogP contribution in [-0.2, 0) is 10.4 Å². The Labute approximate surface area is 142 Å². The van der Waals surface area contributed by atoms with Crippen LogP contribution in [0.4, 0.5) is 10.1 Å². The molecule has 8 heteroatoms. The first kappa shape index (κ1) is 18.6. The van der Waals surface area contributed by atoms with Crippen molar-refractivity contribution in [2.45, 2.75) is 58.3 Å². The lowest BCUT2D eigenvalue weighted by Crippen LogP contribution is -2.08. The van der Waals surface area contributed by atoms with Gasteiger partial charge in [0, 0.05) is 6.07 Å². The van der Waals surface area contributed by atoms with Gasteiger partial charge in [-0.2, -0.15) is 0 Å². The molecule has 1 aromatic carbocycles. The summed E-state index contributed by atoms with van der Waals surface area (Å²) in [6, 6.07) is 1.21. The molecule has 0 radical (unpaired) electrons. The zero-order chi connectivity index (χ0) is 17.6. The number of unbranched alkanes of at least 4 members (excludes halogenated alkanes) is 7. The number of halogens is 1. The molecule has 0 fully saturated rings. The van der Waals surface area contributed by atoms with Crippen molar-refractivity contribution >= 4 is 16.1 Å². The predicted octanol–water partition coefficient (Wildman–Crippen LogP) is 3.94. The summed E-state index contributed by atoms with van der Waals surface area (Å²) in [7, 11) is -4.29. The van der Waals surface area contributed by atoms with Gasteiger partial charge in [-0.25, -0.2) is 4.39 Å². The minimum absolute atomic E-state index is 0.0768. The van der Waals surface area contributed by atoms with Gasteiger partial charge in [-0.15, -0.1) is 8.42 Å². The molecule has 0 bridgehead atoms. The van der Waals surface area contributed by atoms with Crippen molar-refractivity contribution in [2.75, 3.05) is 12.3 Å². The smallest absolute Gasteiger partial charge is 0.489 e. The fourth-order valence-electron chi connectivity index (χ4n) is 2.51. The van der Waals surface area contributed by atoms with Crippen LogP contribution >= 0.6 is 0 Å². The monoisotopic (exact) mass is 361 g/mol. The van der Waals surface area contributed by atoms with Gasteiger partial charge < -0.3 is 18.8 Å². The maximum atomic E-state index is 13.8. The van der Waals surface area contributed by atoms with Gasteiger partial charge in [0.05, 0.1) is 12.3 Å². The Morgan fingerprint density at radius 3 is 2.29 bits per heavy atom. The number of ether oxygens (including phenoxy) is 1. The van der Waals surface area contributed by atoms with E-state index in [4.69, 9.17) is 10.5 Å². The van der Waals surface area contributed by atoms with Gasteiger partial charge in [0.2, 0.25) is 11.5 Å². The van der Waals surface area contributed by atoms with Crippen molar-refractivity contribution in [3.05, 3.63) is 11.9 Å². The lowest BCUT2D eigenvalue weighted by atomic mass is 10.1. The molecule has 0 amide bonds. The SMILES string of the molecule is CCCCCCCCCCOc1cc(N)c(F)c2c1OS(=O)(=O)O2. The lowest BCUT2D eigenvalue weighted by Gasteiger charge is -2.09. The number of rotatable bonds is 10. The summed E-state index contributed by atoms with van der Waals surface area (Å²) < 4.78 is 51.0. The highest BCUT2D eigenvalue weighted by atomic mass is 32.3. The van der Waals surface area contributed by atoms with Crippen LogP contribution in [0.2, 0.25) is 0 Å². The fraction of sp³-hybridized carbons (Fsp3) is 0.625. The quantitative estimate of drug-likeness (QED) is 0.501. The summed E-state index contributed by atoms with van der Waals surface area (Å²) in [5.74, 6) is -1.71. The van der Waals surface area contributed by atoms with E-state index in [2.05, 4.69) is 15.3 Å². The van der Waals surface area contributed by atoms with Crippen LogP contribution in [0.15, 0.2) is 6.07 Å². The van der Waals surface area contributed by atoms with Crippen molar-refractivity contribution in [1.29, 1.82) is 0 Å². The summed E-state index contributed by atoms with van der Waals surface area (Å²) in [4.78, 5) is 0. The Bertz CT molecular complexity index is 663. The van der Waals surface area contributed by atoms with E-state index in [1.54, 1.807) is 0 Å². The van der Waals surface area contributed by atoms with E-state index in [-0.39, 0.29) is 17.2 Å². The second-order valence-corrected chi connectivity index (χ2v) is 6.98. The second kappa shape index (κ2) is 8.41. The van der Waals surface area contributed by atoms with E-state index >= 15 is 0 Å². The van der Waals surface area contributed by atoms with Gasteiger partial charge in [-0.1, -0.05) is 51.9 Å². The predicted molar refractivity (Wildman–Crippen MR) is 89.1 cm³/mol. The normalized spacial score (nSPS) is 14.8. The minimum Gasteiger partial charge on any atom is -0.489 e. The largest absolute Gasteiger partial charge is 0.501 e. The zero-order valence-electron chi connectivity index (χ0n) is 13.8. The van der Waals surface area contributed by atoms with Crippen molar-refractivity contribution < 1.29 is 25.9 Å². The third kappa shape index (κ3) is 4.90. The number of hydrogen-bond acceptors (Lipinski definition) is 6. The molecule has 136 valence electrons. The third-order valence-corrected chi connectivity index (χ3v) is 4.54. The third-order valence-electron chi connectivity index (χ3n) is 3.80. The summed E-state index contributed by atoms with van der Waals surface area (Å²) in [6.45, 7) is 2.56. The van der Waals surface area contributed by atoms with Crippen LogP contribution < -0.4 is 18.8 Å². The van der Waals surface area contributed by atoms with E-state index in [9.17, 15) is 12.8 Å². The van der Waals surface area contributed by atoms with Gasteiger partial charge in [-0.05, 0) is 6.42 Å². The molecule has 0 aromatic heterocycles. The first-order chi connectivity index (χ1) is 11.4. The molecule has 1 aromatic rings. The van der Waals surface area contributed by atoms with E-state index in [0.29, 0.717) is 6.61 Å². The minimum atomic E-state index is -4.29. The van der Waals surface area contributed by atoms with Gasteiger partial charge >= 0.3 is 10.4 Å². The molecule has 0 unspecified atom stereocenters. The maximum absolute atomic E-state index is 13.8. The van der Waals surface area contributed by atoms with Crippen LogP contribution in [0.25, 0.3) is 0 Å². The van der Waals surface area contributed by atoms with Crippen molar-refractivity contribution in [2.24, 2.45) is 0 Å². The maximum Gasteiger partial charge on any atom is 0.501 e. The molecule has 0 atom stereocenters. The highest BCUT2D eigenvalue weighted by Gasteiger charge is 2.36. The topological polar surface area (TPSA) is 87.9 Å². The highest BCUT2D eigenvalue weighted by molar-refractivity contribution is 7.82. The average molecular weight is 361 g/mol. The average Bonchev–Trinajstić information content (AvgIpc) is 2.86. The molecular weight excluding hydrogens is 337 g/mol. The molecule has 1 heterocycles. The van der Waals surface area contributed by atoms with Gasteiger partial charge in [-0.3, -0.25) is 0 Å². The summed E-state index contributed by atoms with van der Waals surface area (Å²) in [5, 5.41) is 0. The number of hydrogen-bond donors (Lipinski definition) is 1. The molecule has 6 nitrogen and oxygen atoms in total. The van der Waals surface area contributed by atoms with Gasteiger partial charge in [0.15, 0.2) is 11.6 Å². The molecule has 0 saturated carbocycles. The highest BCUT2D eigenvalue weighted by Crippen LogP contribution is 2.47. The summed E-state index contributed by atoms with van der Waals surface area (Å²) >= 11 is 0. The van der Waals surface area contributed by atoms with Crippen molar-refractivity contribution in [3.8, 4) is 17.2 Å². The Balaban J connectivity index is 1.80. The van der Waals surface area contributed by atoms with Crippen LogP contribution in [-0.4, -0.2) is 15.0 Å². The first-order valence-corrected chi connectivity index (χ1v) is 9.66. The number of benzene rings is 1. The number of nitrogen functional groups attached to an aromatic ring is 1. The van der Waals surface area contributed by atoms with Crippen molar-refractivity contribution in [3.63, 3.8) is 0 Å². The molecule has 2 N–H and O–H groups in total.